The molecule has 36 heavy (non-hydrogen) atoms. The molecule has 0 radical (unpaired) electrons. The van der Waals surface area contributed by atoms with Gasteiger partial charge in [-0.05, 0) is 68.3 Å². The van der Waals surface area contributed by atoms with Crippen LogP contribution in [0.25, 0.3) is 17.0 Å². The summed E-state index contributed by atoms with van der Waals surface area (Å²) >= 11 is 0. The van der Waals surface area contributed by atoms with Crippen molar-refractivity contribution in [2.75, 3.05) is 27.4 Å². The first-order chi connectivity index (χ1) is 17.4. The summed E-state index contributed by atoms with van der Waals surface area (Å²) in [4.78, 5) is 12.4. The van der Waals surface area contributed by atoms with Crippen molar-refractivity contribution in [1.29, 1.82) is 0 Å². The fraction of sp³-hybridized carbons (Fsp3) is 0.308. The van der Waals surface area contributed by atoms with Gasteiger partial charge in [0.05, 0.1) is 20.8 Å². The standard InChI is InChI=1S/C26H29N5O5/c1-16-12-17(2)14-20(13-16)36-18(3)26(32)27-10-11-35-24-9-8-23-28-29-25(31(23)30-24)19-6-7-21(33-4)22(15-19)34-5/h6-9,12-15,18H,10-11H2,1-5H3,(H,27,32). The molecule has 10 nitrogen and oxygen atoms in total. The van der Waals surface area contributed by atoms with E-state index in [9.17, 15) is 4.79 Å². The molecule has 1 amide bonds. The normalized spacial score (nSPS) is 11.7. The van der Waals surface area contributed by atoms with Gasteiger partial charge in [0.25, 0.3) is 5.91 Å². The molecule has 0 aliphatic carbocycles. The lowest BCUT2D eigenvalue weighted by Crippen LogP contribution is -2.38. The van der Waals surface area contributed by atoms with E-state index in [1.54, 1.807) is 49.9 Å². The summed E-state index contributed by atoms with van der Waals surface area (Å²) in [5, 5.41) is 15.7. The van der Waals surface area contributed by atoms with Crippen molar-refractivity contribution < 1.29 is 23.7 Å². The van der Waals surface area contributed by atoms with Crippen LogP contribution >= 0.6 is 0 Å². The molecule has 0 saturated carbocycles. The Morgan fingerprint density at radius 1 is 0.972 bits per heavy atom. The van der Waals surface area contributed by atoms with Crippen molar-refractivity contribution >= 4 is 11.6 Å². The van der Waals surface area contributed by atoms with Crippen LogP contribution in [0.3, 0.4) is 0 Å². The average Bonchev–Trinajstić information content (AvgIpc) is 3.28. The van der Waals surface area contributed by atoms with Gasteiger partial charge in [-0.1, -0.05) is 6.07 Å². The molecule has 0 bridgehead atoms. The van der Waals surface area contributed by atoms with Crippen LogP contribution in [0.1, 0.15) is 18.1 Å². The van der Waals surface area contributed by atoms with Crippen molar-refractivity contribution in [3.8, 4) is 34.5 Å². The number of nitrogens with zero attached hydrogens (tertiary/aromatic N) is 4. The van der Waals surface area contributed by atoms with Gasteiger partial charge >= 0.3 is 0 Å². The quantitative estimate of drug-likeness (QED) is 0.336. The molecule has 188 valence electrons. The number of hydrogen-bond acceptors (Lipinski definition) is 8. The average molecular weight is 492 g/mol. The van der Waals surface area contributed by atoms with Crippen molar-refractivity contribution in [2.24, 2.45) is 0 Å². The molecule has 1 unspecified atom stereocenters. The molecule has 4 rings (SSSR count). The number of aryl methyl sites for hydroxylation is 2. The third-order valence-corrected chi connectivity index (χ3v) is 5.41. The third-order valence-electron chi connectivity index (χ3n) is 5.41. The van der Waals surface area contributed by atoms with Crippen molar-refractivity contribution in [2.45, 2.75) is 26.9 Å². The number of fused-ring (bicyclic) bond motifs is 1. The van der Waals surface area contributed by atoms with Crippen LogP contribution in [-0.4, -0.2) is 59.2 Å². The van der Waals surface area contributed by atoms with Gasteiger partial charge in [0.2, 0.25) is 5.88 Å². The van der Waals surface area contributed by atoms with E-state index >= 15 is 0 Å². The van der Waals surface area contributed by atoms with Crippen molar-refractivity contribution in [3.05, 3.63) is 59.7 Å². The highest BCUT2D eigenvalue weighted by molar-refractivity contribution is 5.80. The smallest absolute Gasteiger partial charge is 0.260 e. The topological polar surface area (TPSA) is 109 Å². The minimum absolute atomic E-state index is 0.226. The van der Waals surface area contributed by atoms with Crippen LogP contribution in [0.2, 0.25) is 0 Å². The molecule has 0 aliphatic rings. The maximum absolute atomic E-state index is 12.4. The summed E-state index contributed by atoms with van der Waals surface area (Å²) in [7, 11) is 3.15. The number of carbonyl (C=O) groups is 1. The summed E-state index contributed by atoms with van der Waals surface area (Å²) in [6.45, 7) is 6.22. The maximum Gasteiger partial charge on any atom is 0.260 e. The van der Waals surface area contributed by atoms with Gasteiger partial charge in [0.1, 0.15) is 12.4 Å². The highest BCUT2D eigenvalue weighted by Gasteiger charge is 2.16. The Hall–Kier alpha value is -4.34. The predicted octanol–water partition coefficient (Wildman–Crippen LogP) is 3.39. The predicted molar refractivity (Wildman–Crippen MR) is 134 cm³/mol. The Morgan fingerprint density at radius 3 is 2.44 bits per heavy atom. The molecule has 0 saturated heterocycles. The zero-order chi connectivity index (χ0) is 25.7. The second-order valence-corrected chi connectivity index (χ2v) is 8.26. The number of benzene rings is 2. The van der Waals surface area contributed by atoms with Gasteiger partial charge in [-0.2, -0.15) is 4.52 Å². The van der Waals surface area contributed by atoms with Crippen molar-refractivity contribution in [1.82, 2.24) is 25.1 Å². The van der Waals surface area contributed by atoms with E-state index in [0.717, 1.165) is 16.7 Å². The molecule has 0 spiro atoms. The molecule has 0 aliphatic heterocycles. The van der Waals surface area contributed by atoms with E-state index in [1.807, 2.05) is 32.0 Å². The highest BCUT2D eigenvalue weighted by atomic mass is 16.5. The van der Waals surface area contributed by atoms with E-state index in [1.165, 1.54) is 0 Å². The number of methoxy groups -OCH3 is 2. The molecule has 4 aromatic rings. The first kappa shape index (κ1) is 24.8. The zero-order valence-corrected chi connectivity index (χ0v) is 20.9. The Balaban J connectivity index is 1.35. The second kappa shape index (κ2) is 10.9. The second-order valence-electron chi connectivity index (χ2n) is 8.26. The van der Waals surface area contributed by atoms with Gasteiger partial charge < -0.3 is 24.3 Å². The Kier molecular flexibility index (Phi) is 7.53. The molecule has 1 N–H and O–H groups in total. The lowest BCUT2D eigenvalue weighted by molar-refractivity contribution is -0.127. The maximum atomic E-state index is 12.4. The monoisotopic (exact) mass is 491 g/mol. The Morgan fingerprint density at radius 2 is 1.72 bits per heavy atom. The fourth-order valence-electron chi connectivity index (χ4n) is 3.74. The molecule has 0 fully saturated rings. The summed E-state index contributed by atoms with van der Waals surface area (Å²) < 4.78 is 23.8. The van der Waals surface area contributed by atoms with E-state index in [2.05, 4.69) is 26.7 Å². The number of aromatic nitrogens is 4. The number of amides is 1. The number of ether oxygens (including phenoxy) is 4. The first-order valence-corrected chi connectivity index (χ1v) is 11.5. The lowest BCUT2D eigenvalue weighted by Gasteiger charge is -2.15. The molecule has 2 aromatic heterocycles. The number of rotatable bonds is 10. The SMILES string of the molecule is COc1ccc(-c2nnc3ccc(OCCNC(=O)C(C)Oc4cc(C)cc(C)c4)nn23)cc1OC. The first-order valence-electron chi connectivity index (χ1n) is 11.5. The van der Waals surface area contributed by atoms with E-state index < -0.39 is 6.10 Å². The number of nitrogens with one attached hydrogen (secondary N) is 1. The summed E-state index contributed by atoms with van der Waals surface area (Å²) in [6, 6.07) is 14.8. The number of carbonyl (C=O) groups excluding carboxylic acids is 1. The largest absolute Gasteiger partial charge is 0.493 e. The molecule has 2 aromatic carbocycles. The van der Waals surface area contributed by atoms with Gasteiger partial charge in [0, 0.05) is 11.6 Å². The molecular weight excluding hydrogens is 462 g/mol. The van der Waals surface area contributed by atoms with Crippen LogP contribution in [0, 0.1) is 13.8 Å². The van der Waals surface area contributed by atoms with Crippen molar-refractivity contribution in [3.63, 3.8) is 0 Å². The van der Waals surface area contributed by atoms with Crippen LogP contribution in [0.4, 0.5) is 0 Å². The minimum Gasteiger partial charge on any atom is -0.493 e. The van der Waals surface area contributed by atoms with Gasteiger partial charge in [0.15, 0.2) is 29.1 Å². The van der Waals surface area contributed by atoms with Crippen LogP contribution in [0.15, 0.2) is 48.5 Å². The zero-order valence-electron chi connectivity index (χ0n) is 20.9. The lowest BCUT2D eigenvalue weighted by atomic mass is 10.1. The third kappa shape index (κ3) is 5.65. The number of hydrogen-bond donors (Lipinski definition) is 1. The van der Waals surface area contributed by atoms with Crippen LogP contribution in [0.5, 0.6) is 23.1 Å². The van der Waals surface area contributed by atoms with Crippen LogP contribution in [-0.2, 0) is 4.79 Å². The molecule has 1 atom stereocenters. The Bertz CT molecular complexity index is 1350. The van der Waals surface area contributed by atoms with E-state index in [0.29, 0.717) is 41.1 Å². The van der Waals surface area contributed by atoms with Gasteiger partial charge in [-0.15, -0.1) is 15.3 Å². The fourth-order valence-corrected chi connectivity index (χ4v) is 3.74. The van der Waals surface area contributed by atoms with Gasteiger partial charge in [-0.25, -0.2) is 0 Å². The minimum atomic E-state index is -0.637. The van der Waals surface area contributed by atoms with Crippen LogP contribution < -0.4 is 24.3 Å². The molecule has 2 heterocycles. The summed E-state index contributed by atoms with van der Waals surface area (Å²) in [5.41, 5.74) is 3.49. The highest BCUT2D eigenvalue weighted by Crippen LogP contribution is 2.31. The summed E-state index contributed by atoms with van der Waals surface area (Å²) in [5.74, 6) is 2.53. The van der Waals surface area contributed by atoms with Gasteiger partial charge in [-0.3, -0.25) is 4.79 Å². The molecule has 10 heteroatoms. The summed E-state index contributed by atoms with van der Waals surface area (Å²) in [6.07, 6.45) is -0.637. The van der Waals surface area contributed by atoms with E-state index in [-0.39, 0.29) is 12.5 Å². The van der Waals surface area contributed by atoms with E-state index in [4.69, 9.17) is 18.9 Å². The Labute approximate surface area is 209 Å². The molecular formula is C26H29N5O5.